The normalized spacial score (nSPS) is 18.0. The van der Waals surface area contributed by atoms with E-state index in [4.69, 9.17) is 9.47 Å². The van der Waals surface area contributed by atoms with Crippen molar-refractivity contribution in [2.45, 2.75) is 12.8 Å². The Morgan fingerprint density at radius 3 is 2.74 bits per heavy atom. The van der Waals surface area contributed by atoms with E-state index in [1.807, 2.05) is 7.05 Å². The fourth-order valence-electron chi connectivity index (χ4n) is 2.00. The van der Waals surface area contributed by atoms with Gasteiger partial charge in [0, 0.05) is 40.0 Å². The van der Waals surface area contributed by atoms with Gasteiger partial charge in [0.25, 0.3) is 0 Å². The average Bonchev–Trinajstić information content (AvgIpc) is 2.45. The van der Waals surface area contributed by atoms with E-state index in [2.05, 4.69) is 16.3 Å². The van der Waals surface area contributed by atoms with Crippen LogP contribution in [0.4, 0.5) is 0 Å². The molecule has 1 N–H and O–H groups in total. The van der Waals surface area contributed by atoms with Crippen LogP contribution in [0.2, 0.25) is 0 Å². The quantitative estimate of drug-likeness (QED) is 0.704. The predicted octanol–water partition coefficient (Wildman–Crippen LogP) is 0.00118. The molecule has 0 aliphatic carbocycles. The Labute approximate surface area is 114 Å². The summed E-state index contributed by atoms with van der Waals surface area (Å²) in [6.45, 7) is 3.74. The number of carbonyl (C=O) groups is 1. The van der Waals surface area contributed by atoms with Gasteiger partial charge in [-0.2, -0.15) is 5.26 Å². The summed E-state index contributed by atoms with van der Waals surface area (Å²) in [5.41, 5.74) is -0.899. The van der Waals surface area contributed by atoms with Crippen LogP contribution in [-0.2, 0) is 14.3 Å². The monoisotopic (exact) mass is 269 g/mol. The fraction of sp³-hybridized carbons (Fsp3) is 0.846. The maximum Gasteiger partial charge on any atom is 0.240 e. The van der Waals surface area contributed by atoms with Gasteiger partial charge in [0.2, 0.25) is 5.91 Å². The highest BCUT2D eigenvalue weighted by molar-refractivity contribution is 5.85. The molecule has 0 aromatic carbocycles. The molecule has 0 aromatic heterocycles. The number of carbonyl (C=O) groups excluding carboxylic acids is 1. The van der Waals surface area contributed by atoms with Crippen molar-refractivity contribution < 1.29 is 14.3 Å². The van der Waals surface area contributed by atoms with Crippen LogP contribution in [0.15, 0.2) is 0 Å². The number of nitrogens with one attached hydrogen (secondary N) is 1. The molecule has 1 fully saturated rings. The maximum absolute atomic E-state index is 12.1. The summed E-state index contributed by atoms with van der Waals surface area (Å²) in [6, 6.07) is 2.16. The van der Waals surface area contributed by atoms with Gasteiger partial charge in [-0.25, -0.2) is 0 Å². The third kappa shape index (κ3) is 4.78. The number of nitrogens with zero attached hydrogens (tertiary/aromatic N) is 2. The number of methoxy groups -OCH3 is 1. The summed E-state index contributed by atoms with van der Waals surface area (Å²) >= 11 is 0. The van der Waals surface area contributed by atoms with Gasteiger partial charge in [-0.15, -0.1) is 0 Å². The van der Waals surface area contributed by atoms with Crippen molar-refractivity contribution in [1.29, 1.82) is 5.26 Å². The Hall–Kier alpha value is -1.16. The summed E-state index contributed by atoms with van der Waals surface area (Å²) in [5.74, 6) is -0.168. The van der Waals surface area contributed by atoms with Crippen LogP contribution < -0.4 is 5.32 Å². The van der Waals surface area contributed by atoms with Crippen LogP contribution in [0.5, 0.6) is 0 Å². The van der Waals surface area contributed by atoms with Gasteiger partial charge in [-0.3, -0.25) is 4.79 Å². The molecule has 1 saturated heterocycles. The summed E-state index contributed by atoms with van der Waals surface area (Å²) in [6.07, 6.45) is 0.962. The van der Waals surface area contributed by atoms with Crippen LogP contribution >= 0.6 is 0 Å². The highest BCUT2D eigenvalue weighted by Gasteiger charge is 2.40. The minimum atomic E-state index is -0.899. The standard InChI is InChI=1S/C13H23N3O3/c1-16(7-10-18-2)6-5-15-12(17)13(11-14)3-8-19-9-4-13/h3-10H2,1-2H3,(H,15,17). The van der Waals surface area contributed by atoms with E-state index in [1.165, 1.54) is 0 Å². The molecule has 1 amide bonds. The van der Waals surface area contributed by atoms with Crippen molar-refractivity contribution in [3.05, 3.63) is 0 Å². The van der Waals surface area contributed by atoms with Crippen molar-refractivity contribution in [1.82, 2.24) is 10.2 Å². The first-order valence-corrected chi connectivity index (χ1v) is 6.59. The van der Waals surface area contributed by atoms with Crippen LogP contribution in [0.1, 0.15) is 12.8 Å². The predicted molar refractivity (Wildman–Crippen MR) is 70.5 cm³/mol. The zero-order valence-corrected chi connectivity index (χ0v) is 11.8. The molecule has 0 atom stereocenters. The second kappa shape index (κ2) is 8.10. The first kappa shape index (κ1) is 15.9. The lowest BCUT2D eigenvalue weighted by atomic mass is 9.81. The van der Waals surface area contributed by atoms with Crippen molar-refractivity contribution >= 4 is 5.91 Å². The minimum absolute atomic E-state index is 0.168. The smallest absolute Gasteiger partial charge is 0.240 e. The van der Waals surface area contributed by atoms with Gasteiger partial charge in [0.05, 0.1) is 12.7 Å². The molecule has 0 bridgehead atoms. The zero-order chi connectivity index (χ0) is 14.1. The third-order valence-corrected chi connectivity index (χ3v) is 3.45. The number of rotatable bonds is 7. The number of hydrogen-bond acceptors (Lipinski definition) is 5. The Morgan fingerprint density at radius 2 is 2.16 bits per heavy atom. The Morgan fingerprint density at radius 1 is 1.47 bits per heavy atom. The number of ether oxygens (including phenoxy) is 2. The number of likely N-dealkylation sites (N-methyl/N-ethyl adjacent to an activating group) is 1. The molecule has 0 unspecified atom stereocenters. The summed E-state index contributed by atoms with van der Waals surface area (Å²) in [5, 5.41) is 12.1. The van der Waals surface area contributed by atoms with Crippen molar-refractivity contribution in [2.75, 3.05) is 53.6 Å². The lowest BCUT2D eigenvalue weighted by Crippen LogP contribution is -2.45. The molecule has 1 rings (SSSR count). The molecule has 108 valence electrons. The van der Waals surface area contributed by atoms with Crippen molar-refractivity contribution in [2.24, 2.45) is 5.41 Å². The largest absolute Gasteiger partial charge is 0.383 e. The highest BCUT2D eigenvalue weighted by atomic mass is 16.5. The first-order chi connectivity index (χ1) is 9.14. The molecule has 19 heavy (non-hydrogen) atoms. The summed E-state index contributed by atoms with van der Waals surface area (Å²) < 4.78 is 10.2. The molecule has 0 spiro atoms. The molecular formula is C13H23N3O3. The second-order valence-corrected chi connectivity index (χ2v) is 4.86. The van der Waals surface area contributed by atoms with E-state index in [0.717, 1.165) is 13.1 Å². The zero-order valence-electron chi connectivity index (χ0n) is 11.8. The molecule has 0 aromatic rings. The lowest BCUT2D eigenvalue weighted by molar-refractivity contribution is -0.132. The van der Waals surface area contributed by atoms with Crippen LogP contribution in [0.3, 0.4) is 0 Å². The molecule has 6 nitrogen and oxygen atoms in total. The van der Waals surface area contributed by atoms with Gasteiger partial charge in [-0.05, 0) is 19.9 Å². The van der Waals surface area contributed by atoms with Gasteiger partial charge >= 0.3 is 0 Å². The molecular weight excluding hydrogens is 246 g/mol. The minimum Gasteiger partial charge on any atom is -0.383 e. The van der Waals surface area contributed by atoms with Gasteiger partial charge in [0.15, 0.2) is 0 Å². The van der Waals surface area contributed by atoms with E-state index < -0.39 is 5.41 Å². The topological polar surface area (TPSA) is 74.6 Å². The Balaban J connectivity index is 2.32. The van der Waals surface area contributed by atoms with Crippen LogP contribution in [-0.4, -0.2) is 64.4 Å². The van der Waals surface area contributed by atoms with Gasteiger partial charge in [-0.1, -0.05) is 0 Å². The highest BCUT2D eigenvalue weighted by Crippen LogP contribution is 2.29. The first-order valence-electron chi connectivity index (χ1n) is 6.59. The Bertz CT molecular complexity index is 322. The second-order valence-electron chi connectivity index (χ2n) is 4.86. The summed E-state index contributed by atoms with van der Waals surface area (Å²) in [7, 11) is 3.64. The van der Waals surface area contributed by atoms with Gasteiger partial charge in [0.1, 0.15) is 5.41 Å². The number of nitriles is 1. The van der Waals surface area contributed by atoms with Crippen molar-refractivity contribution in [3.63, 3.8) is 0 Å². The van der Waals surface area contributed by atoms with E-state index >= 15 is 0 Å². The molecule has 6 heteroatoms. The maximum atomic E-state index is 12.1. The molecule has 0 saturated carbocycles. The van der Waals surface area contributed by atoms with E-state index in [1.54, 1.807) is 7.11 Å². The molecule has 0 radical (unpaired) electrons. The lowest BCUT2D eigenvalue weighted by Gasteiger charge is -2.29. The fourth-order valence-corrected chi connectivity index (χ4v) is 2.00. The van der Waals surface area contributed by atoms with Crippen LogP contribution in [0.25, 0.3) is 0 Å². The number of amides is 1. The summed E-state index contributed by atoms with van der Waals surface area (Å²) in [4.78, 5) is 14.2. The molecule has 1 aliphatic rings. The van der Waals surface area contributed by atoms with Crippen LogP contribution in [0, 0.1) is 16.7 Å². The number of hydrogen-bond donors (Lipinski definition) is 1. The third-order valence-electron chi connectivity index (χ3n) is 3.45. The van der Waals surface area contributed by atoms with E-state index in [-0.39, 0.29) is 5.91 Å². The van der Waals surface area contributed by atoms with E-state index in [0.29, 0.717) is 39.2 Å². The molecule has 1 aliphatic heterocycles. The average molecular weight is 269 g/mol. The molecule has 1 heterocycles. The van der Waals surface area contributed by atoms with Crippen molar-refractivity contribution in [3.8, 4) is 6.07 Å². The Kier molecular flexibility index (Phi) is 6.78. The van der Waals surface area contributed by atoms with E-state index in [9.17, 15) is 10.1 Å². The SMILES string of the molecule is COCCN(C)CCNC(=O)C1(C#N)CCOCC1. The van der Waals surface area contributed by atoms with Gasteiger partial charge < -0.3 is 19.7 Å².